The predicted octanol–water partition coefficient (Wildman–Crippen LogP) is 2.79. The second kappa shape index (κ2) is 5.97. The summed E-state index contributed by atoms with van der Waals surface area (Å²) < 4.78 is 10.8. The minimum Gasteiger partial charge on any atom is -0.496 e. The largest absolute Gasteiger partial charge is 0.496 e. The quantitative estimate of drug-likeness (QED) is 0.940. The zero-order chi connectivity index (χ0) is 15.5. The summed E-state index contributed by atoms with van der Waals surface area (Å²) >= 11 is 0. The van der Waals surface area contributed by atoms with Crippen molar-refractivity contribution >= 4 is 11.7 Å². The van der Waals surface area contributed by atoms with Crippen LogP contribution in [0.15, 0.2) is 42.5 Å². The number of fused-ring (bicyclic) bond motifs is 1. The average Bonchev–Trinajstić information content (AvgIpc) is 2.55. The summed E-state index contributed by atoms with van der Waals surface area (Å²) in [7, 11) is 1.48. The van der Waals surface area contributed by atoms with E-state index in [1.54, 1.807) is 12.1 Å². The van der Waals surface area contributed by atoms with Gasteiger partial charge in [0.15, 0.2) is 0 Å². The molecule has 114 valence electrons. The third-order valence-corrected chi connectivity index (χ3v) is 3.69. The number of benzene rings is 2. The van der Waals surface area contributed by atoms with Crippen LogP contribution in [0.5, 0.6) is 11.5 Å². The van der Waals surface area contributed by atoms with E-state index in [0.717, 1.165) is 23.5 Å². The Balaban J connectivity index is 1.87. The van der Waals surface area contributed by atoms with E-state index in [1.165, 1.54) is 7.11 Å². The van der Waals surface area contributed by atoms with Gasteiger partial charge in [0.25, 0.3) is 0 Å². The van der Waals surface area contributed by atoms with Gasteiger partial charge in [0.1, 0.15) is 23.7 Å². The number of carboxylic acid groups (broad SMARTS) is 1. The number of ether oxygens (including phenoxy) is 2. The van der Waals surface area contributed by atoms with Crippen molar-refractivity contribution in [1.29, 1.82) is 0 Å². The number of methoxy groups -OCH3 is 1. The molecule has 0 saturated carbocycles. The van der Waals surface area contributed by atoms with Crippen molar-refractivity contribution in [3.8, 4) is 11.5 Å². The van der Waals surface area contributed by atoms with E-state index in [2.05, 4.69) is 4.90 Å². The summed E-state index contributed by atoms with van der Waals surface area (Å²) in [5.74, 6) is 0.273. The Bertz CT molecular complexity index is 699. The van der Waals surface area contributed by atoms with Crippen LogP contribution in [-0.2, 0) is 6.54 Å². The molecule has 5 nitrogen and oxygen atoms in total. The number of anilines is 1. The fourth-order valence-electron chi connectivity index (χ4n) is 2.62. The lowest BCUT2D eigenvalue weighted by atomic mass is 10.1. The van der Waals surface area contributed by atoms with E-state index >= 15 is 0 Å². The summed E-state index contributed by atoms with van der Waals surface area (Å²) in [6.45, 7) is 2.11. The summed E-state index contributed by atoms with van der Waals surface area (Å²) in [6, 6.07) is 13.1. The Hall–Kier alpha value is -2.69. The first-order valence-corrected chi connectivity index (χ1v) is 7.06. The molecule has 0 atom stereocenters. The molecule has 2 aromatic carbocycles. The molecule has 1 aliphatic heterocycles. The Morgan fingerprint density at radius 2 is 2.14 bits per heavy atom. The maximum Gasteiger partial charge on any atom is 0.339 e. The molecule has 0 unspecified atom stereocenters. The van der Waals surface area contributed by atoms with E-state index < -0.39 is 5.97 Å². The van der Waals surface area contributed by atoms with Crippen LogP contribution in [0.4, 0.5) is 5.69 Å². The van der Waals surface area contributed by atoms with Gasteiger partial charge in [-0.2, -0.15) is 0 Å². The zero-order valence-electron chi connectivity index (χ0n) is 12.3. The highest BCUT2D eigenvalue weighted by molar-refractivity contribution is 5.91. The maximum absolute atomic E-state index is 11.1. The first-order chi connectivity index (χ1) is 10.7. The van der Waals surface area contributed by atoms with Gasteiger partial charge < -0.3 is 19.5 Å². The number of hydrogen-bond donors (Lipinski definition) is 1. The molecule has 0 saturated heterocycles. The first kappa shape index (κ1) is 14.3. The average molecular weight is 299 g/mol. The summed E-state index contributed by atoms with van der Waals surface area (Å²) in [5, 5.41) is 9.13. The number of nitrogens with zero attached hydrogens (tertiary/aromatic N) is 1. The Labute approximate surface area is 128 Å². The highest BCUT2D eigenvalue weighted by Gasteiger charge is 2.18. The van der Waals surface area contributed by atoms with Gasteiger partial charge in [0.2, 0.25) is 0 Å². The van der Waals surface area contributed by atoms with Crippen LogP contribution in [0.3, 0.4) is 0 Å². The van der Waals surface area contributed by atoms with E-state index in [0.29, 0.717) is 18.9 Å². The molecule has 2 aromatic rings. The number of hydrogen-bond acceptors (Lipinski definition) is 4. The van der Waals surface area contributed by atoms with Crippen molar-refractivity contribution in [3.05, 3.63) is 53.6 Å². The molecule has 0 radical (unpaired) electrons. The first-order valence-electron chi connectivity index (χ1n) is 7.06. The lowest BCUT2D eigenvalue weighted by Gasteiger charge is -2.31. The number of rotatable bonds is 4. The maximum atomic E-state index is 11.1. The molecule has 1 N–H and O–H groups in total. The van der Waals surface area contributed by atoms with Crippen LogP contribution < -0.4 is 14.4 Å². The molecule has 0 amide bonds. The fourth-order valence-corrected chi connectivity index (χ4v) is 2.62. The highest BCUT2D eigenvalue weighted by atomic mass is 16.5. The third kappa shape index (κ3) is 2.70. The van der Waals surface area contributed by atoms with Crippen LogP contribution in [0, 0.1) is 0 Å². The Morgan fingerprint density at radius 3 is 2.91 bits per heavy atom. The SMILES string of the molecule is COc1cc(CN2CCOc3ccccc32)ccc1C(=O)O. The Kier molecular flexibility index (Phi) is 3.87. The molecule has 1 aliphatic rings. The summed E-state index contributed by atoms with van der Waals surface area (Å²) in [5.41, 5.74) is 2.22. The standard InChI is InChI=1S/C17H17NO4/c1-21-16-10-12(6-7-13(16)17(19)20)11-18-8-9-22-15-5-3-2-4-14(15)18/h2-7,10H,8-9,11H2,1H3,(H,19,20). The van der Waals surface area contributed by atoms with Crippen molar-refractivity contribution in [2.75, 3.05) is 25.2 Å². The smallest absolute Gasteiger partial charge is 0.339 e. The van der Waals surface area contributed by atoms with Crippen LogP contribution in [-0.4, -0.2) is 31.3 Å². The van der Waals surface area contributed by atoms with E-state index in [4.69, 9.17) is 14.6 Å². The van der Waals surface area contributed by atoms with Crippen molar-refractivity contribution in [2.45, 2.75) is 6.54 Å². The third-order valence-electron chi connectivity index (χ3n) is 3.69. The second-order valence-electron chi connectivity index (χ2n) is 5.08. The molecular formula is C17H17NO4. The van der Waals surface area contributed by atoms with E-state index in [1.807, 2.05) is 30.3 Å². The van der Waals surface area contributed by atoms with Crippen LogP contribution >= 0.6 is 0 Å². The van der Waals surface area contributed by atoms with Crippen LogP contribution in [0.1, 0.15) is 15.9 Å². The minimum atomic E-state index is -0.986. The van der Waals surface area contributed by atoms with Crippen molar-refractivity contribution in [1.82, 2.24) is 0 Å². The zero-order valence-corrected chi connectivity index (χ0v) is 12.3. The van der Waals surface area contributed by atoms with Crippen molar-refractivity contribution in [3.63, 3.8) is 0 Å². The van der Waals surface area contributed by atoms with Gasteiger partial charge in [-0.05, 0) is 29.8 Å². The molecule has 3 rings (SSSR count). The van der Waals surface area contributed by atoms with Gasteiger partial charge >= 0.3 is 5.97 Å². The molecule has 5 heteroatoms. The van der Waals surface area contributed by atoms with Gasteiger partial charge in [-0.1, -0.05) is 18.2 Å². The highest BCUT2D eigenvalue weighted by Crippen LogP contribution is 2.32. The van der Waals surface area contributed by atoms with Gasteiger partial charge in [0, 0.05) is 6.54 Å². The van der Waals surface area contributed by atoms with Crippen LogP contribution in [0.2, 0.25) is 0 Å². The topological polar surface area (TPSA) is 59.0 Å². The molecule has 22 heavy (non-hydrogen) atoms. The normalized spacial score (nSPS) is 13.2. The van der Waals surface area contributed by atoms with Gasteiger partial charge in [-0.3, -0.25) is 0 Å². The van der Waals surface area contributed by atoms with E-state index in [-0.39, 0.29) is 5.56 Å². The van der Waals surface area contributed by atoms with Gasteiger partial charge in [-0.25, -0.2) is 4.79 Å². The fraction of sp³-hybridized carbons (Fsp3) is 0.235. The molecule has 0 spiro atoms. The lowest BCUT2D eigenvalue weighted by Crippen LogP contribution is -2.32. The molecule has 0 bridgehead atoms. The molecule has 1 heterocycles. The van der Waals surface area contributed by atoms with Gasteiger partial charge in [0.05, 0.1) is 19.3 Å². The molecule has 0 fully saturated rings. The number of aromatic carboxylic acids is 1. The monoisotopic (exact) mass is 299 g/mol. The van der Waals surface area contributed by atoms with Crippen molar-refractivity contribution < 1.29 is 19.4 Å². The summed E-state index contributed by atoms with van der Waals surface area (Å²) in [6.07, 6.45) is 0. The predicted molar refractivity (Wildman–Crippen MR) is 82.9 cm³/mol. The summed E-state index contributed by atoms with van der Waals surface area (Å²) in [4.78, 5) is 13.4. The molecule has 0 aromatic heterocycles. The molecular weight excluding hydrogens is 282 g/mol. The lowest BCUT2D eigenvalue weighted by molar-refractivity contribution is 0.0693. The number of carboxylic acids is 1. The Morgan fingerprint density at radius 1 is 1.32 bits per heavy atom. The van der Waals surface area contributed by atoms with Gasteiger partial charge in [-0.15, -0.1) is 0 Å². The van der Waals surface area contributed by atoms with Crippen molar-refractivity contribution in [2.24, 2.45) is 0 Å². The van der Waals surface area contributed by atoms with E-state index in [9.17, 15) is 4.79 Å². The molecule has 0 aliphatic carbocycles. The number of carbonyl (C=O) groups is 1. The minimum absolute atomic E-state index is 0.175. The second-order valence-corrected chi connectivity index (χ2v) is 5.08. The van der Waals surface area contributed by atoms with Crippen LogP contribution in [0.25, 0.3) is 0 Å². The number of para-hydroxylation sites is 2.